The first-order chi connectivity index (χ1) is 16.7. The standard InChI is InChI=1S/C26H34N4O6/c1-25(2,3)21(29-24(34)36-26(4,5)6)22(31)30-15-19(12-20(30)23(32)33)35-18-11-17(13-28-14-18)16-7-9-27-10-8-16/h7-11,13-14,19-21H,12,15H2,1-6H3,(H,29,34)(H,32,33)/t19-,20+,21?/m1/s1. The molecular weight excluding hydrogens is 464 g/mol. The predicted octanol–water partition coefficient (Wildman–Crippen LogP) is 3.52. The molecule has 0 bridgehead atoms. The molecule has 194 valence electrons. The highest BCUT2D eigenvalue weighted by atomic mass is 16.6. The maximum absolute atomic E-state index is 13.6. The Morgan fingerprint density at radius 2 is 1.72 bits per heavy atom. The average molecular weight is 499 g/mol. The lowest BCUT2D eigenvalue weighted by molar-refractivity contribution is -0.150. The fourth-order valence-electron chi connectivity index (χ4n) is 3.98. The Kier molecular flexibility index (Phi) is 7.86. The minimum atomic E-state index is -1.14. The zero-order valence-corrected chi connectivity index (χ0v) is 21.5. The Bertz CT molecular complexity index is 1090. The van der Waals surface area contributed by atoms with Crippen LogP contribution in [0.2, 0.25) is 0 Å². The number of ether oxygens (including phenoxy) is 2. The van der Waals surface area contributed by atoms with Crippen LogP contribution >= 0.6 is 0 Å². The van der Waals surface area contributed by atoms with Gasteiger partial charge in [0.05, 0.1) is 12.7 Å². The van der Waals surface area contributed by atoms with Gasteiger partial charge in [-0.1, -0.05) is 20.8 Å². The van der Waals surface area contributed by atoms with Crippen LogP contribution in [0, 0.1) is 5.41 Å². The van der Waals surface area contributed by atoms with E-state index in [-0.39, 0.29) is 13.0 Å². The Morgan fingerprint density at radius 1 is 1.06 bits per heavy atom. The second-order valence-corrected chi connectivity index (χ2v) is 10.9. The van der Waals surface area contributed by atoms with Gasteiger partial charge in [-0.05, 0) is 49.9 Å². The normalized spacial score (nSPS) is 18.9. The van der Waals surface area contributed by atoms with E-state index in [1.54, 1.807) is 66.3 Å². The van der Waals surface area contributed by atoms with Crippen molar-refractivity contribution in [2.75, 3.05) is 6.54 Å². The highest BCUT2D eigenvalue weighted by Gasteiger charge is 2.46. The highest BCUT2D eigenvalue weighted by Crippen LogP contribution is 2.29. The Labute approximate surface area is 211 Å². The van der Waals surface area contributed by atoms with Gasteiger partial charge in [0.1, 0.15) is 29.5 Å². The lowest BCUT2D eigenvalue weighted by atomic mass is 9.85. The smallest absolute Gasteiger partial charge is 0.408 e. The van der Waals surface area contributed by atoms with Crippen molar-refractivity contribution in [1.82, 2.24) is 20.2 Å². The lowest BCUT2D eigenvalue weighted by Crippen LogP contribution is -2.57. The van der Waals surface area contributed by atoms with Crippen LogP contribution in [0.5, 0.6) is 5.75 Å². The second-order valence-electron chi connectivity index (χ2n) is 10.9. The van der Waals surface area contributed by atoms with Gasteiger partial charge < -0.3 is 24.8 Å². The van der Waals surface area contributed by atoms with E-state index in [1.165, 1.54) is 4.90 Å². The molecule has 3 heterocycles. The number of rotatable bonds is 6. The van der Waals surface area contributed by atoms with Crippen LogP contribution in [0.4, 0.5) is 4.79 Å². The summed E-state index contributed by atoms with van der Waals surface area (Å²) in [6.07, 6.45) is 5.40. The number of aliphatic carboxylic acids is 1. The van der Waals surface area contributed by atoms with Gasteiger partial charge in [-0.2, -0.15) is 0 Å². The fraction of sp³-hybridized carbons (Fsp3) is 0.500. The number of carbonyl (C=O) groups is 3. The van der Waals surface area contributed by atoms with Crippen molar-refractivity contribution in [2.24, 2.45) is 5.41 Å². The monoisotopic (exact) mass is 498 g/mol. The maximum atomic E-state index is 13.6. The van der Waals surface area contributed by atoms with Crippen LogP contribution in [0.3, 0.4) is 0 Å². The summed E-state index contributed by atoms with van der Waals surface area (Å²) in [7, 11) is 0. The Morgan fingerprint density at radius 3 is 2.31 bits per heavy atom. The number of hydrogen-bond acceptors (Lipinski definition) is 7. The molecule has 0 aromatic carbocycles. The van der Waals surface area contributed by atoms with Gasteiger partial charge in [0.2, 0.25) is 5.91 Å². The largest absolute Gasteiger partial charge is 0.487 e. The molecule has 2 aromatic heterocycles. The summed E-state index contributed by atoms with van der Waals surface area (Å²) in [5.41, 5.74) is 0.296. The summed E-state index contributed by atoms with van der Waals surface area (Å²) in [5, 5.41) is 12.5. The van der Waals surface area contributed by atoms with Crippen LogP contribution < -0.4 is 10.1 Å². The average Bonchev–Trinajstić information content (AvgIpc) is 3.20. The first kappa shape index (κ1) is 26.9. The van der Waals surface area contributed by atoms with Gasteiger partial charge in [0.25, 0.3) is 0 Å². The molecule has 1 aliphatic rings. The third kappa shape index (κ3) is 6.93. The van der Waals surface area contributed by atoms with E-state index in [4.69, 9.17) is 9.47 Å². The molecule has 0 spiro atoms. The molecular formula is C26H34N4O6. The summed E-state index contributed by atoms with van der Waals surface area (Å²) in [4.78, 5) is 47.6. The fourth-order valence-corrected chi connectivity index (χ4v) is 3.98. The number of carboxylic acids is 1. The number of pyridine rings is 2. The van der Waals surface area contributed by atoms with Gasteiger partial charge in [0.15, 0.2) is 0 Å². The van der Waals surface area contributed by atoms with Crippen molar-refractivity contribution >= 4 is 18.0 Å². The molecule has 0 saturated carbocycles. The van der Waals surface area contributed by atoms with E-state index in [9.17, 15) is 19.5 Å². The van der Waals surface area contributed by atoms with Crippen molar-refractivity contribution in [2.45, 2.75) is 71.8 Å². The molecule has 0 radical (unpaired) electrons. The molecule has 3 atom stereocenters. The quantitative estimate of drug-likeness (QED) is 0.619. The molecule has 1 unspecified atom stereocenters. The molecule has 1 saturated heterocycles. The van der Waals surface area contributed by atoms with E-state index >= 15 is 0 Å². The van der Waals surface area contributed by atoms with E-state index in [2.05, 4.69) is 15.3 Å². The van der Waals surface area contributed by atoms with E-state index in [0.717, 1.165) is 11.1 Å². The number of nitrogens with one attached hydrogen (secondary N) is 1. The topological polar surface area (TPSA) is 131 Å². The molecule has 10 nitrogen and oxygen atoms in total. The lowest BCUT2D eigenvalue weighted by Gasteiger charge is -2.35. The molecule has 2 N–H and O–H groups in total. The van der Waals surface area contributed by atoms with Crippen molar-refractivity contribution < 1.29 is 29.0 Å². The third-order valence-electron chi connectivity index (χ3n) is 5.63. The molecule has 10 heteroatoms. The van der Waals surface area contributed by atoms with Gasteiger partial charge >= 0.3 is 12.1 Å². The Balaban J connectivity index is 1.78. The number of aromatic nitrogens is 2. The van der Waals surface area contributed by atoms with Crippen molar-refractivity contribution in [3.63, 3.8) is 0 Å². The minimum absolute atomic E-state index is 0.0534. The van der Waals surface area contributed by atoms with Crippen LogP contribution in [0.25, 0.3) is 11.1 Å². The molecule has 2 amide bonds. The molecule has 0 aliphatic carbocycles. The van der Waals surface area contributed by atoms with Crippen LogP contribution in [-0.4, -0.2) is 68.3 Å². The van der Waals surface area contributed by atoms with Crippen LogP contribution in [0.15, 0.2) is 43.0 Å². The number of carbonyl (C=O) groups excluding carboxylic acids is 2. The molecule has 2 aromatic rings. The highest BCUT2D eigenvalue weighted by molar-refractivity contribution is 5.90. The molecule has 3 rings (SSSR count). The van der Waals surface area contributed by atoms with Crippen molar-refractivity contribution in [1.29, 1.82) is 0 Å². The number of amides is 2. The third-order valence-corrected chi connectivity index (χ3v) is 5.63. The zero-order chi connectivity index (χ0) is 26.7. The van der Waals surface area contributed by atoms with Gasteiger partial charge in [-0.25, -0.2) is 9.59 Å². The second kappa shape index (κ2) is 10.5. The van der Waals surface area contributed by atoms with Crippen LogP contribution in [-0.2, 0) is 14.3 Å². The first-order valence-electron chi connectivity index (χ1n) is 11.8. The molecule has 1 aliphatic heterocycles. The number of carboxylic acid groups (broad SMARTS) is 1. The van der Waals surface area contributed by atoms with E-state index < -0.39 is 47.2 Å². The van der Waals surface area contributed by atoms with Crippen molar-refractivity contribution in [3.8, 4) is 16.9 Å². The summed E-state index contributed by atoms with van der Waals surface area (Å²) < 4.78 is 11.4. The summed E-state index contributed by atoms with van der Waals surface area (Å²) >= 11 is 0. The number of likely N-dealkylation sites (tertiary alicyclic amines) is 1. The number of nitrogens with zero attached hydrogens (tertiary/aromatic N) is 3. The first-order valence-corrected chi connectivity index (χ1v) is 11.8. The maximum Gasteiger partial charge on any atom is 0.408 e. The zero-order valence-electron chi connectivity index (χ0n) is 21.5. The van der Waals surface area contributed by atoms with Gasteiger partial charge in [-0.3, -0.25) is 14.8 Å². The summed E-state index contributed by atoms with van der Waals surface area (Å²) in [5.74, 6) is -1.18. The predicted molar refractivity (Wildman–Crippen MR) is 132 cm³/mol. The summed E-state index contributed by atoms with van der Waals surface area (Å²) in [6.45, 7) is 10.6. The van der Waals surface area contributed by atoms with Crippen LogP contribution in [0.1, 0.15) is 48.0 Å². The molecule has 36 heavy (non-hydrogen) atoms. The van der Waals surface area contributed by atoms with E-state index in [0.29, 0.717) is 5.75 Å². The SMILES string of the molecule is CC(C)(C)OC(=O)NC(C(=O)N1C[C@H](Oc2cncc(-c3ccncc3)c2)C[C@H]1C(=O)O)C(C)(C)C. The van der Waals surface area contributed by atoms with Crippen molar-refractivity contribution in [3.05, 3.63) is 43.0 Å². The van der Waals surface area contributed by atoms with E-state index in [1.807, 2.05) is 18.2 Å². The summed E-state index contributed by atoms with van der Waals surface area (Å²) in [6, 6.07) is 3.42. The minimum Gasteiger partial charge on any atom is -0.487 e. The Hall–Kier alpha value is -3.69. The van der Waals surface area contributed by atoms with Gasteiger partial charge in [0, 0.05) is 30.6 Å². The number of hydrogen-bond donors (Lipinski definition) is 2. The molecule has 1 fully saturated rings. The van der Waals surface area contributed by atoms with Gasteiger partial charge in [-0.15, -0.1) is 0 Å². The number of alkyl carbamates (subject to hydrolysis) is 1.